The molecule has 1 aromatic heterocycles. The second-order valence-electron chi connectivity index (χ2n) is 20.8. The number of hydrogen-bond donors (Lipinski definition) is 0. The van der Waals surface area contributed by atoms with Crippen molar-refractivity contribution in [1.29, 1.82) is 0 Å². The Hall–Kier alpha value is -7.76. The van der Waals surface area contributed by atoms with Gasteiger partial charge in [-0.25, -0.2) is 9.97 Å². The highest BCUT2D eigenvalue weighted by Gasteiger charge is 2.44. The van der Waals surface area contributed by atoms with Crippen molar-refractivity contribution in [3.63, 3.8) is 0 Å². The largest absolute Gasteiger partial charge is 0.311 e. The fraction of sp³-hybridized carbons (Fsp3) is 0.129. The Bertz CT molecular complexity index is 3630. The van der Waals surface area contributed by atoms with Crippen LogP contribution in [0.4, 0.5) is 34.1 Å². The molecule has 67 heavy (non-hydrogen) atoms. The van der Waals surface area contributed by atoms with Crippen LogP contribution in [-0.4, -0.2) is 16.7 Å². The van der Waals surface area contributed by atoms with Crippen molar-refractivity contribution in [2.45, 2.75) is 52.4 Å². The third kappa shape index (κ3) is 6.28. The number of fused-ring (bicyclic) bond motifs is 9. The molecule has 2 aliphatic heterocycles. The maximum absolute atomic E-state index is 5.09. The lowest BCUT2D eigenvalue weighted by atomic mass is 9.33. The Morgan fingerprint density at radius 2 is 0.806 bits per heavy atom. The van der Waals surface area contributed by atoms with Gasteiger partial charge < -0.3 is 9.80 Å². The molecule has 0 saturated carbocycles. The van der Waals surface area contributed by atoms with Crippen LogP contribution in [0.25, 0.3) is 65.3 Å². The summed E-state index contributed by atoms with van der Waals surface area (Å²) in [6.07, 6.45) is 1.72. The molecule has 0 amide bonds. The topological polar surface area (TPSA) is 32.3 Å². The predicted octanol–water partition coefficient (Wildman–Crippen LogP) is 14.6. The minimum atomic E-state index is -0.0758. The van der Waals surface area contributed by atoms with E-state index in [1.54, 1.807) is 6.33 Å². The van der Waals surface area contributed by atoms with Gasteiger partial charge in [0.1, 0.15) is 6.33 Å². The standard InChI is InChI=1S/C62H49BN4/c1-61(2,3)47-19-23-49(24-20-47)66-55-33-44-29-40-15-9-7-13-38(40)27-42(44)31-52(55)63-53-32-43-28-39-14-8-10-16-41(39)30-45(43)34-56(53)67(50-25-21-48(22-26-50)62(4,5)6)58-36-46(35-57(66)59(58)63)60-51-17-11-12-18-54(51)64-37-65-60/h7-37H,1-6H3. The molecular formula is C62H49BN4. The molecule has 0 fully saturated rings. The quantitative estimate of drug-likeness (QED) is 0.131. The molecule has 2 aliphatic rings. The minimum Gasteiger partial charge on any atom is -0.311 e. The summed E-state index contributed by atoms with van der Waals surface area (Å²) in [5, 5.41) is 10.9. The lowest BCUT2D eigenvalue weighted by Gasteiger charge is -2.45. The number of aromatic nitrogens is 2. The summed E-state index contributed by atoms with van der Waals surface area (Å²) in [4.78, 5) is 14.9. The van der Waals surface area contributed by atoms with Gasteiger partial charge >= 0.3 is 0 Å². The van der Waals surface area contributed by atoms with Crippen molar-refractivity contribution >= 4 is 111 Å². The third-order valence-electron chi connectivity index (χ3n) is 14.5. The molecule has 0 atom stereocenters. The number of benzene rings is 10. The van der Waals surface area contributed by atoms with E-state index in [2.05, 4.69) is 233 Å². The summed E-state index contributed by atoms with van der Waals surface area (Å²) in [7, 11) is 0. The van der Waals surface area contributed by atoms with E-state index in [4.69, 9.17) is 9.97 Å². The number of nitrogens with zero attached hydrogens (tertiary/aromatic N) is 4. The van der Waals surface area contributed by atoms with E-state index in [0.29, 0.717) is 0 Å². The van der Waals surface area contributed by atoms with Crippen molar-refractivity contribution < 1.29 is 0 Å². The number of anilines is 6. The average molecular weight is 861 g/mol. The summed E-state index contributed by atoms with van der Waals surface area (Å²) >= 11 is 0. The maximum Gasteiger partial charge on any atom is 0.252 e. The molecule has 0 aliphatic carbocycles. The first-order valence-corrected chi connectivity index (χ1v) is 23.6. The Morgan fingerprint density at radius 1 is 0.388 bits per heavy atom. The van der Waals surface area contributed by atoms with E-state index in [1.165, 1.54) is 82.0 Å². The van der Waals surface area contributed by atoms with Crippen LogP contribution < -0.4 is 26.2 Å². The summed E-state index contributed by atoms with van der Waals surface area (Å²) in [5.74, 6) is 0. The average Bonchev–Trinajstić information content (AvgIpc) is 3.33. The highest BCUT2D eigenvalue weighted by molar-refractivity contribution is 7.00. The van der Waals surface area contributed by atoms with Gasteiger partial charge in [-0.3, -0.25) is 0 Å². The molecular weight excluding hydrogens is 812 g/mol. The number of para-hydroxylation sites is 1. The molecule has 10 aromatic carbocycles. The molecule has 320 valence electrons. The van der Waals surface area contributed by atoms with Gasteiger partial charge in [0.15, 0.2) is 0 Å². The van der Waals surface area contributed by atoms with Gasteiger partial charge in [0, 0.05) is 45.1 Å². The first-order chi connectivity index (χ1) is 32.4. The second kappa shape index (κ2) is 14.4. The van der Waals surface area contributed by atoms with Gasteiger partial charge in [-0.15, -0.1) is 0 Å². The monoisotopic (exact) mass is 860 g/mol. The summed E-state index contributed by atoms with van der Waals surface area (Å²) in [6.45, 7) is 13.7. The van der Waals surface area contributed by atoms with Crippen LogP contribution in [0, 0.1) is 0 Å². The molecule has 3 heterocycles. The third-order valence-corrected chi connectivity index (χ3v) is 14.5. The Kier molecular flexibility index (Phi) is 8.49. The van der Waals surface area contributed by atoms with Crippen molar-refractivity contribution in [2.24, 2.45) is 0 Å². The number of rotatable bonds is 3. The van der Waals surface area contributed by atoms with Crippen LogP contribution in [0.2, 0.25) is 0 Å². The molecule has 0 spiro atoms. The van der Waals surface area contributed by atoms with Crippen LogP contribution in [0.15, 0.2) is 188 Å². The second-order valence-corrected chi connectivity index (χ2v) is 20.8. The summed E-state index contributed by atoms with van der Waals surface area (Å²) in [6, 6.07) is 68.7. The van der Waals surface area contributed by atoms with Crippen LogP contribution in [0.3, 0.4) is 0 Å². The van der Waals surface area contributed by atoms with E-state index in [9.17, 15) is 0 Å². The van der Waals surface area contributed by atoms with Gasteiger partial charge in [-0.05, 0) is 160 Å². The van der Waals surface area contributed by atoms with Gasteiger partial charge in [-0.2, -0.15) is 0 Å². The van der Waals surface area contributed by atoms with Crippen LogP contribution in [0.1, 0.15) is 52.7 Å². The van der Waals surface area contributed by atoms with Crippen molar-refractivity contribution in [2.75, 3.05) is 9.80 Å². The first kappa shape index (κ1) is 39.6. The molecule has 4 nitrogen and oxygen atoms in total. The van der Waals surface area contributed by atoms with E-state index < -0.39 is 0 Å². The van der Waals surface area contributed by atoms with Gasteiger partial charge in [0.05, 0.1) is 11.2 Å². The molecule has 0 saturated heterocycles. The maximum atomic E-state index is 5.09. The Labute approximate surface area is 392 Å². The fourth-order valence-electron chi connectivity index (χ4n) is 11.0. The van der Waals surface area contributed by atoms with Crippen LogP contribution >= 0.6 is 0 Å². The highest BCUT2D eigenvalue weighted by atomic mass is 15.2. The van der Waals surface area contributed by atoms with E-state index in [0.717, 1.165) is 44.9 Å². The first-order valence-electron chi connectivity index (χ1n) is 23.6. The van der Waals surface area contributed by atoms with Crippen LogP contribution in [-0.2, 0) is 10.8 Å². The summed E-state index contributed by atoms with van der Waals surface area (Å²) < 4.78 is 0. The lowest BCUT2D eigenvalue weighted by molar-refractivity contribution is 0.590. The molecule has 0 radical (unpaired) electrons. The molecule has 13 rings (SSSR count). The van der Waals surface area contributed by atoms with Gasteiger partial charge in [0.2, 0.25) is 0 Å². The zero-order valence-electron chi connectivity index (χ0n) is 38.8. The zero-order chi connectivity index (χ0) is 45.3. The highest BCUT2D eigenvalue weighted by Crippen LogP contribution is 2.48. The Balaban J connectivity index is 1.18. The smallest absolute Gasteiger partial charge is 0.252 e. The molecule has 0 unspecified atom stereocenters. The van der Waals surface area contributed by atoms with Gasteiger partial charge in [-0.1, -0.05) is 145 Å². The molecule has 5 heteroatoms. The molecule has 0 bridgehead atoms. The Morgan fingerprint density at radius 3 is 1.25 bits per heavy atom. The normalized spacial score (nSPS) is 13.4. The predicted molar refractivity (Wildman–Crippen MR) is 286 cm³/mol. The summed E-state index contributed by atoms with van der Waals surface area (Å²) in [5.41, 5.74) is 16.3. The molecule has 11 aromatic rings. The van der Waals surface area contributed by atoms with E-state index in [1.807, 2.05) is 0 Å². The van der Waals surface area contributed by atoms with Crippen molar-refractivity contribution in [3.05, 3.63) is 199 Å². The van der Waals surface area contributed by atoms with Crippen molar-refractivity contribution in [1.82, 2.24) is 9.97 Å². The van der Waals surface area contributed by atoms with Crippen LogP contribution in [0.5, 0.6) is 0 Å². The zero-order valence-corrected chi connectivity index (χ0v) is 38.8. The lowest BCUT2D eigenvalue weighted by Crippen LogP contribution is -2.61. The van der Waals surface area contributed by atoms with Gasteiger partial charge in [0.25, 0.3) is 6.71 Å². The van der Waals surface area contributed by atoms with E-state index >= 15 is 0 Å². The van der Waals surface area contributed by atoms with E-state index in [-0.39, 0.29) is 17.5 Å². The SMILES string of the molecule is CC(C)(C)c1ccc(N2c3cc4cc5ccccc5cc4cc3B3c4cc5cc6ccccc6cc5cc4N(c4ccc(C(C)(C)C)cc4)c4cc(-c5ncnc6ccccc56)cc2c43)cc1. The fourth-order valence-corrected chi connectivity index (χ4v) is 11.0. The number of hydrogen-bond acceptors (Lipinski definition) is 4. The molecule has 0 N–H and O–H groups in total. The van der Waals surface area contributed by atoms with Crippen molar-refractivity contribution in [3.8, 4) is 11.3 Å². The minimum absolute atomic E-state index is 0.00862.